The van der Waals surface area contributed by atoms with Gasteiger partial charge in [0.25, 0.3) is 0 Å². The Balaban J connectivity index is 1.41. The zero-order valence-electron chi connectivity index (χ0n) is 15.3. The normalized spacial score (nSPS) is 26.0. The van der Waals surface area contributed by atoms with E-state index in [0.29, 0.717) is 18.0 Å². The number of methoxy groups -OCH3 is 1. The molecule has 0 spiro atoms. The van der Waals surface area contributed by atoms with Gasteiger partial charge in [-0.25, -0.2) is 9.97 Å². The van der Waals surface area contributed by atoms with Crippen molar-refractivity contribution in [2.75, 3.05) is 19.0 Å². The average molecular weight is 350 g/mol. The van der Waals surface area contributed by atoms with E-state index in [1.807, 2.05) is 18.3 Å². The van der Waals surface area contributed by atoms with E-state index >= 15 is 0 Å². The van der Waals surface area contributed by atoms with Crippen molar-refractivity contribution in [1.82, 2.24) is 14.9 Å². The third-order valence-electron chi connectivity index (χ3n) is 5.84. The van der Waals surface area contributed by atoms with Crippen LogP contribution in [0, 0.1) is 0 Å². The molecule has 1 saturated heterocycles. The summed E-state index contributed by atoms with van der Waals surface area (Å²) in [6.07, 6.45) is 8.15. The second-order valence-electron chi connectivity index (χ2n) is 7.80. The monoisotopic (exact) mass is 350 g/mol. The average Bonchev–Trinajstić information content (AvgIpc) is 3.60. The zero-order chi connectivity index (χ0) is 17.5. The van der Waals surface area contributed by atoms with Crippen molar-refractivity contribution in [1.29, 1.82) is 0 Å². The van der Waals surface area contributed by atoms with Crippen LogP contribution in [0.4, 0.5) is 5.82 Å². The largest absolute Gasteiger partial charge is 0.497 e. The highest BCUT2D eigenvalue weighted by molar-refractivity contribution is 5.39. The molecule has 1 aliphatic heterocycles. The fraction of sp³-hybridized carbons (Fsp3) is 0.524. The molecule has 5 heteroatoms. The molecule has 1 aromatic carbocycles. The molecular formula is C21H26N4O. The van der Waals surface area contributed by atoms with E-state index < -0.39 is 0 Å². The van der Waals surface area contributed by atoms with Crippen molar-refractivity contribution in [3.8, 4) is 5.75 Å². The van der Waals surface area contributed by atoms with Gasteiger partial charge in [-0.1, -0.05) is 12.1 Å². The smallest absolute Gasteiger partial charge is 0.133 e. The van der Waals surface area contributed by atoms with Crippen LogP contribution in [0.5, 0.6) is 5.75 Å². The number of rotatable bonds is 6. The molecule has 5 nitrogen and oxygen atoms in total. The molecule has 2 aliphatic carbocycles. The molecule has 0 amide bonds. The Kier molecular flexibility index (Phi) is 4.04. The molecule has 0 bridgehead atoms. The van der Waals surface area contributed by atoms with Crippen LogP contribution < -0.4 is 10.1 Å². The van der Waals surface area contributed by atoms with Crippen molar-refractivity contribution < 1.29 is 4.74 Å². The molecule has 26 heavy (non-hydrogen) atoms. The van der Waals surface area contributed by atoms with Crippen LogP contribution in [-0.2, 0) is 0 Å². The maximum atomic E-state index is 5.47. The fourth-order valence-electron chi connectivity index (χ4n) is 4.21. The number of ether oxygens (including phenoxy) is 1. The van der Waals surface area contributed by atoms with Crippen molar-refractivity contribution in [3.05, 3.63) is 47.9 Å². The quantitative estimate of drug-likeness (QED) is 0.860. The van der Waals surface area contributed by atoms with E-state index in [-0.39, 0.29) is 0 Å². The topological polar surface area (TPSA) is 50.3 Å². The molecule has 2 aromatic rings. The summed E-state index contributed by atoms with van der Waals surface area (Å²) in [5, 5.41) is 3.73. The van der Waals surface area contributed by atoms with Gasteiger partial charge >= 0.3 is 0 Å². The minimum atomic E-state index is 0.365. The minimum Gasteiger partial charge on any atom is -0.497 e. The lowest BCUT2D eigenvalue weighted by Gasteiger charge is -2.29. The second-order valence-corrected chi connectivity index (χ2v) is 7.80. The van der Waals surface area contributed by atoms with Gasteiger partial charge in [0, 0.05) is 30.7 Å². The standard InChI is InChI=1S/C21H26N4O/c1-26-17-4-2-3-15(13-17)20-18(10-12-25(20)16-7-8-16)23-19-9-11-22-21(24-19)14-5-6-14/h2-4,9,11,13-14,16,18,20H,5-8,10,12H2,1H3,(H,22,23,24). The van der Waals surface area contributed by atoms with Crippen LogP contribution in [0.3, 0.4) is 0 Å². The second kappa shape index (κ2) is 6.54. The number of anilines is 1. The summed E-state index contributed by atoms with van der Waals surface area (Å²) in [5.41, 5.74) is 1.34. The Morgan fingerprint density at radius 2 is 2.00 bits per heavy atom. The van der Waals surface area contributed by atoms with Gasteiger partial charge in [0.2, 0.25) is 0 Å². The molecule has 2 unspecified atom stereocenters. The molecule has 1 aromatic heterocycles. The molecule has 2 atom stereocenters. The Hall–Kier alpha value is -2.14. The predicted octanol–water partition coefficient (Wildman–Crippen LogP) is 3.75. The van der Waals surface area contributed by atoms with Crippen LogP contribution in [0.15, 0.2) is 36.5 Å². The number of hydrogen-bond acceptors (Lipinski definition) is 5. The van der Waals surface area contributed by atoms with E-state index in [4.69, 9.17) is 9.72 Å². The van der Waals surface area contributed by atoms with E-state index in [2.05, 4.69) is 33.4 Å². The first-order chi connectivity index (χ1) is 12.8. The number of hydrogen-bond donors (Lipinski definition) is 1. The third-order valence-corrected chi connectivity index (χ3v) is 5.84. The first-order valence-electron chi connectivity index (χ1n) is 9.81. The third kappa shape index (κ3) is 3.16. The number of nitrogens with zero attached hydrogens (tertiary/aromatic N) is 3. The SMILES string of the molecule is COc1cccc(C2C(Nc3ccnc(C4CC4)n3)CCN2C2CC2)c1. The van der Waals surface area contributed by atoms with Gasteiger partial charge in [0.15, 0.2) is 0 Å². The van der Waals surface area contributed by atoms with Crippen LogP contribution in [0.25, 0.3) is 0 Å². The number of aromatic nitrogens is 2. The molecule has 2 saturated carbocycles. The van der Waals surface area contributed by atoms with Crippen LogP contribution >= 0.6 is 0 Å². The van der Waals surface area contributed by atoms with Gasteiger partial charge in [0.1, 0.15) is 17.4 Å². The van der Waals surface area contributed by atoms with Crippen LogP contribution in [0.2, 0.25) is 0 Å². The van der Waals surface area contributed by atoms with Gasteiger partial charge in [-0.05, 0) is 55.9 Å². The molecule has 3 aliphatic rings. The van der Waals surface area contributed by atoms with Crippen molar-refractivity contribution in [3.63, 3.8) is 0 Å². The number of nitrogens with one attached hydrogen (secondary N) is 1. The highest BCUT2D eigenvalue weighted by Crippen LogP contribution is 2.43. The summed E-state index contributed by atoms with van der Waals surface area (Å²) in [5.74, 6) is 3.49. The van der Waals surface area contributed by atoms with Crippen LogP contribution in [0.1, 0.15) is 55.5 Å². The Bertz CT molecular complexity index is 787. The lowest BCUT2D eigenvalue weighted by Crippen LogP contribution is -2.33. The zero-order valence-corrected chi connectivity index (χ0v) is 15.3. The summed E-state index contributed by atoms with van der Waals surface area (Å²) in [7, 11) is 1.74. The Morgan fingerprint density at radius 1 is 1.12 bits per heavy atom. The maximum Gasteiger partial charge on any atom is 0.133 e. The van der Waals surface area contributed by atoms with Gasteiger partial charge in [-0.2, -0.15) is 0 Å². The molecular weight excluding hydrogens is 324 g/mol. The molecule has 3 fully saturated rings. The maximum absolute atomic E-state index is 5.47. The molecule has 0 radical (unpaired) electrons. The summed E-state index contributed by atoms with van der Waals surface area (Å²) in [4.78, 5) is 11.9. The first-order valence-corrected chi connectivity index (χ1v) is 9.81. The number of benzene rings is 1. The Morgan fingerprint density at radius 3 is 2.77 bits per heavy atom. The van der Waals surface area contributed by atoms with Crippen LogP contribution in [-0.4, -0.2) is 40.6 Å². The Labute approximate surface area is 154 Å². The number of likely N-dealkylation sites (tertiary alicyclic amines) is 1. The minimum absolute atomic E-state index is 0.365. The molecule has 1 N–H and O–H groups in total. The highest BCUT2D eigenvalue weighted by atomic mass is 16.5. The van der Waals surface area contributed by atoms with E-state index in [1.54, 1.807) is 7.11 Å². The van der Waals surface area contributed by atoms with E-state index in [1.165, 1.54) is 31.2 Å². The fourth-order valence-corrected chi connectivity index (χ4v) is 4.21. The molecule has 2 heterocycles. The lowest BCUT2D eigenvalue weighted by molar-refractivity contribution is 0.240. The van der Waals surface area contributed by atoms with Crippen molar-refractivity contribution in [2.45, 2.75) is 56.1 Å². The summed E-state index contributed by atoms with van der Waals surface area (Å²) < 4.78 is 5.47. The van der Waals surface area contributed by atoms with Gasteiger partial charge in [-0.3, -0.25) is 4.90 Å². The molecule has 136 valence electrons. The van der Waals surface area contributed by atoms with Crippen molar-refractivity contribution >= 4 is 5.82 Å². The van der Waals surface area contributed by atoms with Gasteiger partial charge in [0.05, 0.1) is 13.2 Å². The predicted molar refractivity (Wildman–Crippen MR) is 101 cm³/mol. The first kappa shape index (κ1) is 16.1. The summed E-state index contributed by atoms with van der Waals surface area (Å²) >= 11 is 0. The highest BCUT2D eigenvalue weighted by Gasteiger charge is 2.43. The lowest BCUT2D eigenvalue weighted by atomic mass is 9.99. The van der Waals surface area contributed by atoms with E-state index in [0.717, 1.165) is 36.4 Å². The summed E-state index contributed by atoms with van der Waals surface area (Å²) in [6.45, 7) is 1.14. The van der Waals surface area contributed by atoms with Crippen molar-refractivity contribution in [2.24, 2.45) is 0 Å². The van der Waals surface area contributed by atoms with Gasteiger partial charge < -0.3 is 10.1 Å². The summed E-state index contributed by atoms with van der Waals surface area (Å²) in [6, 6.07) is 12.0. The van der Waals surface area contributed by atoms with Gasteiger partial charge in [-0.15, -0.1) is 0 Å². The van der Waals surface area contributed by atoms with E-state index in [9.17, 15) is 0 Å². The molecule has 5 rings (SSSR count).